The Morgan fingerprint density at radius 1 is 1.47 bits per heavy atom. The quantitative estimate of drug-likeness (QED) is 0.448. The van der Waals surface area contributed by atoms with Crippen molar-refractivity contribution in [1.82, 2.24) is 0 Å². The average molecular weight is 231 g/mol. The van der Waals surface area contributed by atoms with E-state index in [1.165, 1.54) is 5.01 Å². The second kappa shape index (κ2) is 6.28. The number of hydrogen-bond donors (Lipinski definition) is 0. The monoisotopic (exact) mass is 231 g/mol. The van der Waals surface area contributed by atoms with Crippen LogP contribution in [0.4, 0.5) is 5.69 Å². The summed E-state index contributed by atoms with van der Waals surface area (Å²) in [6.45, 7) is 1.89. The van der Waals surface area contributed by atoms with E-state index in [-0.39, 0.29) is 12.3 Å². The Labute approximate surface area is 99.9 Å². The topological polar surface area (TPSA) is 65.7 Å². The van der Waals surface area contributed by atoms with Crippen molar-refractivity contribution in [3.8, 4) is 6.07 Å². The van der Waals surface area contributed by atoms with Crippen LogP contribution in [-0.2, 0) is 9.53 Å². The highest BCUT2D eigenvalue weighted by Crippen LogP contribution is 2.11. The van der Waals surface area contributed by atoms with E-state index in [0.717, 1.165) is 5.69 Å². The van der Waals surface area contributed by atoms with E-state index in [9.17, 15) is 4.79 Å². The molecule has 17 heavy (non-hydrogen) atoms. The molecule has 0 saturated heterocycles. The summed E-state index contributed by atoms with van der Waals surface area (Å²) in [7, 11) is 1.66. The average Bonchev–Trinajstić information content (AvgIpc) is 2.37. The molecule has 0 aromatic heterocycles. The molecule has 1 aromatic carbocycles. The summed E-state index contributed by atoms with van der Waals surface area (Å²) < 4.78 is 4.71. The molecular weight excluding hydrogens is 218 g/mol. The zero-order chi connectivity index (χ0) is 12.7. The number of hydrogen-bond acceptors (Lipinski definition) is 5. The lowest BCUT2D eigenvalue weighted by molar-refractivity contribution is -0.134. The number of nitrogens with zero attached hydrogens (tertiary/aromatic N) is 3. The van der Waals surface area contributed by atoms with Crippen LogP contribution in [0, 0.1) is 11.3 Å². The van der Waals surface area contributed by atoms with Crippen molar-refractivity contribution < 1.29 is 9.53 Å². The highest BCUT2D eigenvalue weighted by molar-refractivity contribution is 6.43. The first-order valence-corrected chi connectivity index (χ1v) is 5.13. The lowest BCUT2D eigenvalue weighted by Crippen LogP contribution is -2.21. The lowest BCUT2D eigenvalue weighted by Gasteiger charge is -2.12. The minimum absolute atomic E-state index is 0.217. The van der Waals surface area contributed by atoms with E-state index in [2.05, 4.69) is 5.10 Å². The van der Waals surface area contributed by atoms with Crippen molar-refractivity contribution in [2.75, 3.05) is 18.7 Å². The first kappa shape index (κ1) is 12.7. The predicted octanol–water partition coefficient (Wildman–Crippen LogP) is 1.57. The van der Waals surface area contributed by atoms with Crippen molar-refractivity contribution in [2.24, 2.45) is 5.10 Å². The zero-order valence-corrected chi connectivity index (χ0v) is 9.75. The van der Waals surface area contributed by atoms with Gasteiger partial charge in [0, 0.05) is 7.05 Å². The second-order valence-electron chi connectivity index (χ2n) is 3.14. The second-order valence-corrected chi connectivity index (χ2v) is 3.14. The number of anilines is 1. The van der Waals surface area contributed by atoms with E-state index in [0.29, 0.717) is 0 Å². The minimum Gasteiger partial charge on any atom is -0.461 e. The molecule has 0 atom stereocenters. The van der Waals surface area contributed by atoms with Gasteiger partial charge in [0.1, 0.15) is 6.07 Å². The Hall–Kier alpha value is -2.35. The van der Waals surface area contributed by atoms with Crippen LogP contribution in [0.2, 0.25) is 0 Å². The predicted molar refractivity (Wildman–Crippen MR) is 64.5 cm³/mol. The molecule has 0 aliphatic heterocycles. The van der Waals surface area contributed by atoms with Gasteiger partial charge in [0.2, 0.25) is 5.71 Å². The zero-order valence-electron chi connectivity index (χ0n) is 9.75. The van der Waals surface area contributed by atoms with Gasteiger partial charge in [-0.3, -0.25) is 5.01 Å². The number of rotatable bonds is 4. The van der Waals surface area contributed by atoms with Crippen molar-refractivity contribution >= 4 is 17.4 Å². The minimum atomic E-state index is -0.710. The Morgan fingerprint density at radius 3 is 2.65 bits per heavy atom. The van der Waals surface area contributed by atoms with Gasteiger partial charge in [-0.15, -0.1) is 0 Å². The van der Waals surface area contributed by atoms with E-state index in [4.69, 9.17) is 10.00 Å². The number of nitriles is 1. The first-order valence-electron chi connectivity index (χ1n) is 5.13. The molecule has 88 valence electrons. The van der Waals surface area contributed by atoms with E-state index in [1.54, 1.807) is 20.0 Å². The molecule has 0 spiro atoms. The normalized spacial score (nSPS) is 10.5. The standard InChI is InChI=1S/C12H13N3O2/c1-3-17-12(16)11(9-13)14-15(2)10-7-5-4-6-8-10/h4-8H,3H2,1-2H3/b14-11+. The molecule has 0 unspecified atom stereocenters. The van der Waals surface area contributed by atoms with Gasteiger partial charge in [-0.2, -0.15) is 10.4 Å². The smallest absolute Gasteiger partial charge is 0.369 e. The van der Waals surface area contributed by atoms with Crippen LogP contribution in [0.3, 0.4) is 0 Å². The first-order chi connectivity index (χ1) is 8.19. The van der Waals surface area contributed by atoms with Gasteiger partial charge in [0.05, 0.1) is 12.3 Å². The van der Waals surface area contributed by atoms with Crippen LogP contribution in [-0.4, -0.2) is 25.3 Å². The number of benzene rings is 1. The molecule has 1 rings (SSSR count). The molecule has 5 heteroatoms. The van der Waals surface area contributed by atoms with Crippen LogP contribution in [0.25, 0.3) is 0 Å². The Morgan fingerprint density at radius 2 is 2.12 bits per heavy atom. The van der Waals surface area contributed by atoms with Gasteiger partial charge in [-0.25, -0.2) is 4.79 Å². The Balaban J connectivity index is 2.86. The molecule has 5 nitrogen and oxygen atoms in total. The van der Waals surface area contributed by atoms with E-state index < -0.39 is 5.97 Å². The van der Waals surface area contributed by atoms with Gasteiger partial charge < -0.3 is 4.74 Å². The molecular formula is C12H13N3O2. The summed E-state index contributed by atoms with van der Waals surface area (Å²) in [5.74, 6) is -0.710. The molecule has 0 amide bonds. The number of para-hydroxylation sites is 1. The molecule has 0 N–H and O–H groups in total. The van der Waals surface area contributed by atoms with Gasteiger partial charge in [-0.1, -0.05) is 18.2 Å². The van der Waals surface area contributed by atoms with Crippen LogP contribution in [0.5, 0.6) is 0 Å². The number of hydrazone groups is 1. The van der Waals surface area contributed by atoms with Gasteiger partial charge >= 0.3 is 5.97 Å². The molecule has 1 aromatic rings. The number of carbonyl (C=O) groups excluding carboxylic acids is 1. The van der Waals surface area contributed by atoms with Gasteiger partial charge in [0.15, 0.2) is 0 Å². The maximum Gasteiger partial charge on any atom is 0.369 e. The Kier molecular flexibility index (Phi) is 4.70. The highest BCUT2D eigenvalue weighted by Gasteiger charge is 2.13. The molecule has 0 heterocycles. The molecule has 0 fully saturated rings. The van der Waals surface area contributed by atoms with Crippen LogP contribution in [0.15, 0.2) is 35.4 Å². The summed E-state index contributed by atoms with van der Waals surface area (Å²) in [5, 5.41) is 14.2. The third-order valence-corrected chi connectivity index (χ3v) is 1.95. The van der Waals surface area contributed by atoms with Crippen molar-refractivity contribution in [3.05, 3.63) is 30.3 Å². The van der Waals surface area contributed by atoms with Gasteiger partial charge in [0.25, 0.3) is 0 Å². The number of esters is 1. The maximum atomic E-state index is 11.3. The Bertz CT molecular complexity index is 449. The van der Waals surface area contributed by atoms with Crippen LogP contribution >= 0.6 is 0 Å². The number of ether oxygens (including phenoxy) is 1. The summed E-state index contributed by atoms with van der Waals surface area (Å²) in [5.41, 5.74) is 0.516. The van der Waals surface area contributed by atoms with E-state index in [1.807, 2.05) is 30.3 Å². The lowest BCUT2D eigenvalue weighted by atomic mass is 10.3. The highest BCUT2D eigenvalue weighted by atomic mass is 16.5. The van der Waals surface area contributed by atoms with Crippen molar-refractivity contribution in [3.63, 3.8) is 0 Å². The SMILES string of the molecule is CCOC(=O)/C(C#N)=N/N(C)c1ccccc1. The molecule has 0 aliphatic rings. The summed E-state index contributed by atoms with van der Waals surface area (Å²) in [4.78, 5) is 11.3. The maximum absolute atomic E-state index is 11.3. The fraction of sp³-hybridized carbons (Fsp3) is 0.250. The van der Waals surface area contributed by atoms with Crippen LogP contribution < -0.4 is 5.01 Å². The van der Waals surface area contributed by atoms with Gasteiger partial charge in [-0.05, 0) is 19.1 Å². The van der Waals surface area contributed by atoms with Crippen molar-refractivity contribution in [1.29, 1.82) is 5.26 Å². The summed E-state index contributed by atoms with van der Waals surface area (Å²) >= 11 is 0. The van der Waals surface area contributed by atoms with E-state index >= 15 is 0 Å². The molecule has 0 radical (unpaired) electrons. The largest absolute Gasteiger partial charge is 0.461 e. The fourth-order valence-electron chi connectivity index (χ4n) is 1.16. The summed E-state index contributed by atoms with van der Waals surface area (Å²) in [6, 6.07) is 10.9. The third kappa shape index (κ3) is 3.61. The summed E-state index contributed by atoms with van der Waals surface area (Å²) in [6.07, 6.45) is 0. The molecule has 0 bridgehead atoms. The fourth-order valence-corrected chi connectivity index (χ4v) is 1.16. The van der Waals surface area contributed by atoms with Crippen molar-refractivity contribution in [2.45, 2.75) is 6.92 Å². The third-order valence-electron chi connectivity index (χ3n) is 1.95. The molecule has 0 aliphatic carbocycles. The number of carbonyl (C=O) groups is 1. The van der Waals surface area contributed by atoms with Crippen LogP contribution in [0.1, 0.15) is 6.92 Å². The molecule has 0 saturated carbocycles.